The van der Waals surface area contributed by atoms with Crippen molar-refractivity contribution in [1.82, 2.24) is 15.2 Å². The van der Waals surface area contributed by atoms with E-state index in [1.807, 2.05) is 40.0 Å². The number of nitrogens with zero attached hydrogens (tertiary/aromatic N) is 3. The van der Waals surface area contributed by atoms with Gasteiger partial charge < -0.3 is 19.4 Å². The van der Waals surface area contributed by atoms with Crippen molar-refractivity contribution in [3.8, 4) is 5.75 Å². The molecule has 2 aromatic rings. The average molecular weight is 344 g/mol. The Morgan fingerprint density at radius 2 is 1.96 bits per heavy atom. The maximum absolute atomic E-state index is 5.60. The Kier molecular flexibility index (Phi) is 6.86. The van der Waals surface area contributed by atoms with Crippen molar-refractivity contribution in [3.05, 3.63) is 47.2 Å². The second kappa shape index (κ2) is 9.11. The quantitative estimate of drug-likeness (QED) is 0.617. The molecule has 0 aliphatic rings. The summed E-state index contributed by atoms with van der Waals surface area (Å²) in [4.78, 5) is 11.1. The Morgan fingerprint density at radius 3 is 2.52 bits per heavy atom. The summed E-state index contributed by atoms with van der Waals surface area (Å²) >= 11 is 0. The Balaban J connectivity index is 2.03. The van der Waals surface area contributed by atoms with E-state index in [0.717, 1.165) is 36.3 Å². The van der Waals surface area contributed by atoms with Crippen LogP contribution in [-0.2, 0) is 13.1 Å². The first-order valence-electron chi connectivity index (χ1n) is 8.67. The minimum atomic E-state index is 0.421. The van der Waals surface area contributed by atoms with Crippen LogP contribution in [0, 0.1) is 13.8 Å². The molecule has 0 amide bonds. The molecule has 0 aliphatic heterocycles. The predicted molar refractivity (Wildman–Crippen MR) is 99.9 cm³/mol. The third-order valence-electron chi connectivity index (χ3n) is 3.79. The minimum absolute atomic E-state index is 0.421. The van der Waals surface area contributed by atoms with Gasteiger partial charge in [-0.05, 0) is 45.4 Å². The van der Waals surface area contributed by atoms with Gasteiger partial charge in [0.25, 0.3) is 0 Å². The molecule has 1 heterocycles. The second-order valence-corrected chi connectivity index (χ2v) is 5.85. The predicted octanol–water partition coefficient (Wildman–Crippen LogP) is 3.29. The van der Waals surface area contributed by atoms with Crippen LogP contribution in [0.4, 0.5) is 0 Å². The molecule has 6 heteroatoms. The number of nitrogens with one attached hydrogen (secondary N) is 1. The summed E-state index contributed by atoms with van der Waals surface area (Å²) in [6.07, 6.45) is 0. The standard InChI is InChI=1S/C19H28N4O2/c1-6-20-19(21-12-18-22-14(3)15(4)25-18)23(5)13-16-8-10-17(11-9-16)24-7-2/h8-11H,6-7,12-13H2,1-5H3,(H,20,21). The fraction of sp³-hybridized carbons (Fsp3) is 0.474. The summed E-state index contributed by atoms with van der Waals surface area (Å²) in [5, 5.41) is 3.31. The van der Waals surface area contributed by atoms with Crippen LogP contribution in [0.3, 0.4) is 0 Å². The number of oxazole rings is 1. The number of hydrogen-bond acceptors (Lipinski definition) is 4. The molecule has 6 nitrogen and oxygen atoms in total. The van der Waals surface area contributed by atoms with Gasteiger partial charge in [-0.15, -0.1) is 0 Å². The van der Waals surface area contributed by atoms with Gasteiger partial charge in [0.15, 0.2) is 5.96 Å². The van der Waals surface area contributed by atoms with E-state index in [2.05, 4.69) is 39.2 Å². The largest absolute Gasteiger partial charge is 0.494 e. The van der Waals surface area contributed by atoms with E-state index in [1.54, 1.807) is 0 Å². The van der Waals surface area contributed by atoms with Crippen molar-refractivity contribution >= 4 is 5.96 Å². The van der Waals surface area contributed by atoms with Crippen molar-refractivity contribution < 1.29 is 9.15 Å². The summed E-state index contributed by atoms with van der Waals surface area (Å²) < 4.78 is 11.1. The van der Waals surface area contributed by atoms with Gasteiger partial charge in [0, 0.05) is 20.1 Å². The molecule has 25 heavy (non-hydrogen) atoms. The molecule has 0 bridgehead atoms. The number of aliphatic imine (C=N–C) groups is 1. The van der Waals surface area contributed by atoms with E-state index in [9.17, 15) is 0 Å². The number of rotatable bonds is 7. The van der Waals surface area contributed by atoms with Crippen LogP contribution in [0.5, 0.6) is 5.75 Å². The van der Waals surface area contributed by atoms with Crippen molar-refractivity contribution in [2.75, 3.05) is 20.2 Å². The van der Waals surface area contributed by atoms with Gasteiger partial charge in [-0.3, -0.25) is 0 Å². The Bertz CT molecular complexity index is 672. The van der Waals surface area contributed by atoms with Gasteiger partial charge in [0.05, 0.1) is 12.3 Å². The van der Waals surface area contributed by atoms with Gasteiger partial charge in [-0.1, -0.05) is 12.1 Å². The molecule has 0 atom stereocenters. The maximum atomic E-state index is 5.60. The third-order valence-corrected chi connectivity index (χ3v) is 3.79. The van der Waals surface area contributed by atoms with Gasteiger partial charge >= 0.3 is 0 Å². The Hall–Kier alpha value is -2.50. The number of ether oxygens (including phenoxy) is 1. The molecule has 1 N–H and O–H groups in total. The van der Waals surface area contributed by atoms with Gasteiger partial charge in [-0.25, -0.2) is 9.98 Å². The normalized spacial score (nSPS) is 11.5. The van der Waals surface area contributed by atoms with Crippen molar-refractivity contribution in [2.24, 2.45) is 4.99 Å². The van der Waals surface area contributed by atoms with E-state index in [-0.39, 0.29) is 0 Å². The lowest BCUT2D eigenvalue weighted by molar-refractivity contribution is 0.340. The molecule has 1 aromatic carbocycles. The second-order valence-electron chi connectivity index (χ2n) is 5.85. The fourth-order valence-electron chi connectivity index (χ4n) is 2.43. The highest BCUT2D eigenvalue weighted by Gasteiger charge is 2.09. The molecule has 2 rings (SSSR count). The van der Waals surface area contributed by atoms with Gasteiger partial charge in [-0.2, -0.15) is 0 Å². The smallest absolute Gasteiger partial charge is 0.216 e. The zero-order valence-corrected chi connectivity index (χ0v) is 15.8. The Labute approximate surface area is 149 Å². The van der Waals surface area contributed by atoms with E-state index in [0.29, 0.717) is 19.0 Å². The van der Waals surface area contributed by atoms with Gasteiger partial charge in [0.1, 0.15) is 18.1 Å². The van der Waals surface area contributed by atoms with Crippen LogP contribution in [0.25, 0.3) is 0 Å². The van der Waals surface area contributed by atoms with Gasteiger partial charge in [0.2, 0.25) is 5.89 Å². The van der Waals surface area contributed by atoms with Crippen molar-refractivity contribution in [3.63, 3.8) is 0 Å². The molecule has 0 saturated carbocycles. The van der Waals surface area contributed by atoms with Crippen LogP contribution in [0.2, 0.25) is 0 Å². The first-order valence-corrected chi connectivity index (χ1v) is 8.67. The lowest BCUT2D eigenvalue weighted by Gasteiger charge is -2.22. The van der Waals surface area contributed by atoms with Crippen LogP contribution < -0.4 is 10.1 Å². The fourth-order valence-corrected chi connectivity index (χ4v) is 2.43. The number of hydrogen-bond donors (Lipinski definition) is 1. The zero-order chi connectivity index (χ0) is 18.2. The lowest BCUT2D eigenvalue weighted by atomic mass is 10.2. The third kappa shape index (κ3) is 5.52. The molecule has 0 aliphatic carbocycles. The number of guanidine groups is 1. The number of aryl methyl sites for hydroxylation is 2. The first kappa shape index (κ1) is 18.8. The van der Waals surface area contributed by atoms with Crippen LogP contribution in [-0.4, -0.2) is 36.0 Å². The van der Waals surface area contributed by atoms with Crippen molar-refractivity contribution in [2.45, 2.75) is 40.8 Å². The van der Waals surface area contributed by atoms with Crippen LogP contribution >= 0.6 is 0 Å². The minimum Gasteiger partial charge on any atom is -0.494 e. The summed E-state index contributed by atoms with van der Waals surface area (Å²) in [5.74, 6) is 3.20. The molecular weight excluding hydrogens is 316 g/mol. The molecule has 136 valence electrons. The zero-order valence-electron chi connectivity index (χ0n) is 15.8. The highest BCUT2D eigenvalue weighted by molar-refractivity contribution is 5.79. The number of benzene rings is 1. The highest BCUT2D eigenvalue weighted by Crippen LogP contribution is 2.14. The SMILES string of the molecule is CCNC(=NCc1nc(C)c(C)o1)N(C)Cc1ccc(OCC)cc1. The highest BCUT2D eigenvalue weighted by atomic mass is 16.5. The van der Waals surface area contributed by atoms with Crippen molar-refractivity contribution in [1.29, 1.82) is 0 Å². The summed E-state index contributed by atoms with van der Waals surface area (Å²) in [6.45, 7) is 10.5. The molecule has 0 spiro atoms. The molecule has 0 fully saturated rings. The molecule has 0 saturated heterocycles. The topological polar surface area (TPSA) is 62.9 Å². The average Bonchev–Trinajstić information content (AvgIpc) is 2.91. The summed E-state index contributed by atoms with van der Waals surface area (Å²) in [6, 6.07) is 8.14. The van der Waals surface area contributed by atoms with E-state index in [4.69, 9.17) is 9.15 Å². The van der Waals surface area contributed by atoms with E-state index < -0.39 is 0 Å². The molecule has 1 aromatic heterocycles. The Morgan fingerprint density at radius 1 is 1.24 bits per heavy atom. The van der Waals surface area contributed by atoms with Crippen LogP contribution in [0.15, 0.2) is 33.7 Å². The first-order chi connectivity index (χ1) is 12.0. The van der Waals surface area contributed by atoms with Crippen LogP contribution in [0.1, 0.15) is 36.8 Å². The maximum Gasteiger partial charge on any atom is 0.216 e. The summed E-state index contributed by atoms with van der Waals surface area (Å²) in [7, 11) is 2.02. The lowest BCUT2D eigenvalue weighted by Crippen LogP contribution is -2.38. The molecular formula is C19H28N4O2. The number of aromatic nitrogens is 1. The van der Waals surface area contributed by atoms with E-state index >= 15 is 0 Å². The molecule has 0 radical (unpaired) electrons. The van der Waals surface area contributed by atoms with E-state index in [1.165, 1.54) is 5.56 Å². The summed E-state index contributed by atoms with van der Waals surface area (Å²) in [5.41, 5.74) is 2.11. The monoisotopic (exact) mass is 344 g/mol. The molecule has 0 unspecified atom stereocenters.